The molecule has 4 amide bonds. The van der Waals surface area contributed by atoms with Gasteiger partial charge in [-0.3, -0.25) is 34.3 Å². The highest BCUT2D eigenvalue weighted by Crippen LogP contribution is 2.29. The van der Waals surface area contributed by atoms with E-state index in [1.165, 1.54) is 12.8 Å². The van der Waals surface area contributed by atoms with Crippen LogP contribution in [0.1, 0.15) is 64.8 Å². The topological polar surface area (TPSA) is 98.8 Å². The number of carbonyl (C=O) groups is 4. The fourth-order valence-corrected chi connectivity index (χ4v) is 4.86. The predicted molar refractivity (Wildman–Crippen MR) is 110 cm³/mol. The number of carbonyl (C=O) groups excluding carboxylic acids is 4. The summed E-state index contributed by atoms with van der Waals surface area (Å²) in [6, 6.07) is 5.42. The highest BCUT2D eigenvalue weighted by atomic mass is 16.2. The Hall–Kier alpha value is -2.58. The molecule has 8 nitrogen and oxygen atoms in total. The molecule has 160 valence electrons. The maximum atomic E-state index is 13.0. The summed E-state index contributed by atoms with van der Waals surface area (Å²) in [6.45, 7) is 0.689. The van der Waals surface area contributed by atoms with Crippen LogP contribution in [-0.2, 0) is 16.1 Å². The van der Waals surface area contributed by atoms with Crippen molar-refractivity contribution in [1.82, 2.24) is 20.4 Å². The maximum absolute atomic E-state index is 13.0. The van der Waals surface area contributed by atoms with Gasteiger partial charge in [0.25, 0.3) is 11.8 Å². The Balaban J connectivity index is 1.49. The van der Waals surface area contributed by atoms with Crippen LogP contribution in [0.25, 0.3) is 0 Å². The Morgan fingerprint density at radius 2 is 1.87 bits per heavy atom. The maximum Gasteiger partial charge on any atom is 0.262 e. The van der Waals surface area contributed by atoms with Gasteiger partial charge in [0, 0.05) is 25.0 Å². The summed E-state index contributed by atoms with van der Waals surface area (Å²) in [5.41, 5.74) is 1.63. The molecule has 2 N–H and O–H groups in total. The molecule has 0 radical (unpaired) electrons. The monoisotopic (exact) mass is 412 g/mol. The van der Waals surface area contributed by atoms with E-state index in [4.69, 9.17) is 0 Å². The number of amides is 4. The number of piperidine rings is 1. The molecule has 1 saturated carbocycles. The summed E-state index contributed by atoms with van der Waals surface area (Å²) >= 11 is 0. The van der Waals surface area contributed by atoms with Crippen molar-refractivity contribution in [3.63, 3.8) is 0 Å². The second kappa shape index (κ2) is 8.28. The van der Waals surface area contributed by atoms with Gasteiger partial charge in [0.2, 0.25) is 11.8 Å². The first-order valence-corrected chi connectivity index (χ1v) is 10.6. The standard InChI is InChI=1S/C22H28N4O4/c1-23-14-4-3-5-15(11-14)25(2)12-13-6-7-16-17(10-13)22(30)26(21(16)29)18-8-9-19(27)24-20(18)28/h6-7,10,14-15,18,23H,3-5,8-9,11-12H2,1-2H3,(H,24,27,28). The molecule has 0 bridgehead atoms. The first-order chi connectivity index (χ1) is 14.4. The lowest BCUT2D eigenvalue weighted by molar-refractivity contribution is -0.136. The summed E-state index contributed by atoms with van der Waals surface area (Å²) in [5, 5.41) is 5.59. The lowest BCUT2D eigenvalue weighted by atomic mass is 9.90. The highest BCUT2D eigenvalue weighted by molar-refractivity contribution is 6.23. The zero-order chi connectivity index (χ0) is 21.4. The Bertz CT molecular complexity index is 899. The van der Waals surface area contributed by atoms with Crippen molar-refractivity contribution in [3.8, 4) is 0 Å². The molecule has 3 aliphatic rings. The van der Waals surface area contributed by atoms with Crippen LogP contribution in [0.15, 0.2) is 18.2 Å². The van der Waals surface area contributed by atoms with Crippen LogP contribution in [0.2, 0.25) is 0 Å². The fraction of sp³-hybridized carbons (Fsp3) is 0.545. The van der Waals surface area contributed by atoms with Crippen LogP contribution in [0, 0.1) is 0 Å². The van der Waals surface area contributed by atoms with Crippen LogP contribution >= 0.6 is 0 Å². The first kappa shape index (κ1) is 20.7. The third-order valence-corrected chi connectivity index (χ3v) is 6.61. The summed E-state index contributed by atoms with van der Waals surface area (Å²) < 4.78 is 0. The number of hydrogen-bond acceptors (Lipinski definition) is 6. The second-order valence-corrected chi connectivity index (χ2v) is 8.55. The molecule has 0 aromatic heterocycles. The van der Waals surface area contributed by atoms with Crippen LogP contribution in [0.3, 0.4) is 0 Å². The zero-order valence-corrected chi connectivity index (χ0v) is 17.4. The number of fused-ring (bicyclic) bond motifs is 1. The largest absolute Gasteiger partial charge is 0.317 e. The van der Waals surface area contributed by atoms with E-state index in [0.717, 1.165) is 23.3 Å². The van der Waals surface area contributed by atoms with Crippen LogP contribution < -0.4 is 10.6 Å². The van der Waals surface area contributed by atoms with Crippen LogP contribution in [0.5, 0.6) is 0 Å². The third kappa shape index (κ3) is 3.77. The van der Waals surface area contributed by atoms with Crippen molar-refractivity contribution in [1.29, 1.82) is 0 Å². The quantitative estimate of drug-likeness (QED) is 0.702. The molecule has 1 aromatic carbocycles. The third-order valence-electron chi connectivity index (χ3n) is 6.61. The Morgan fingerprint density at radius 3 is 2.60 bits per heavy atom. The van der Waals surface area contributed by atoms with Crippen molar-refractivity contribution < 1.29 is 19.2 Å². The summed E-state index contributed by atoms with van der Waals surface area (Å²) in [5.74, 6) is -1.88. The van der Waals surface area contributed by atoms with Gasteiger partial charge < -0.3 is 5.32 Å². The minimum absolute atomic E-state index is 0.120. The van der Waals surface area contributed by atoms with E-state index in [1.807, 2.05) is 13.1 Å². The molecular formula is C22H28N4O4. The normalized spacial score (nSPS) is 26.9. The zero-order valence-electron chi connectivity index (χ0n) is 17.4. The van der Waals surface area contributed by atoms with Crippen molar-refractivity contribution in [2.75, 3.05) is 14.1 Å². The number of rotatable bonds is 5. The fourth-order valence-electron chi connectivity index (χ4n) is 4.86. The van der Waals surface area contributed by atoms with Crippen molar-refractivity contribution >= 4 is 23.6 Å². The molecule has 1 saturated heterocycles. The summed E-state index contributed by atoms with van der Waals surface area (Å²) in [4.78, 5) is 52.7. The van der Waals surface area contributed by atoms with Gasteiger partial charge in [0.15, 0.2) is 0 Å². The smallest absolute Gasteiger partial charge is 0.262 e. The SMILES string of the molecule is CNC1CCCC(N(C)Cc2ccc3c(c2)C(=O)N(C2CCC(=O)NC2=O)C3=O)C1. The number of nitrogens with one attached hydrogen (secondary N) is 2. The average molecular weight is 412 g/mol. The molecule has 2 heterocycles. The van der Waals surface area contributed by atoms with Gasteiger partial charge >= 0.3 is 0 Å². The van der Waals surface area contributed by atoms with Crippen molar-refractivity contribution in [2.45, 2.75) is 63.2 Å². The van der Waals surface area contributed by atoms with E-state index < -0.39 is 23.8 Å². The molecule has 3 atom stereocenters. The molecular weight excluding hydrogens is 384 g/mol. The van der Waals surface area contributed by atoms with Gasteiger partial charge in [-0.1, -0.05) is 12.5 Å². The number of hydrogen-bond donors (Lipinski definition) is 2. The molecule has 1 aliphatic carbocycles. The molecule has 30 heavy (non-hydrogen) atoms. The lowest BCUT2D eigenvalue weighted by Crippen LogP contribution is -2.54. The Labute approximate surface area is 176 Å². The lowest BCUT2D eigenvalue weighted by Gasteiger charge is -2.35. The van der Waals surface area contributed by atoms with Gasteiger partial charge in [0.05, 0.1) is 11.1 Å². The first-order valence-electron chi connectivity index (χ1n) is 10.6. The summed E-state index contributed by atoms with van der Waals surface area (Å²) in [6.07, 6.45) is 4.93. The minimum atomic E-state index is -0.929. The Kier molecular flexibility index (Phi) is 5.71. The molecule has 0 spiro atoms. The second-order valence-electron chi connectivity index (χ2n) is 8.55. The molecule has 2 aliphatic heterocycles. The van der Waals surface area contributed by atoms with E-state index in [1.54, 1.807) is 12.1 Å². The molecule has 1 aromatic rings. The van der Waals surface area contributed by atoms with E-state index in [0.29, 0.717) is 29.8 Å². The number of nitrogens with zero attached hydrogens (tertiary/aromatic N) is 2. The molecule has 2 fully saturated rings. The number of imide groups is 2. The average Bonchev–Trinajstić information content (AvgIpc) is 2.98. The van der Waals surface area contributed by atoms with Gasteiger partial charge in [0.1, 0.15) is 6.04 Å². The van der Waals surface area contributed by atoms with Gasteiger partial charge in [-0.15, -0.1) is 0 Å². The van der Waals surface area contributed by atoms with E-state index in [9.17, 15) is 19.2 Å². The van der Waals surface area contributed by atoms with Crippen molar-refractivity contribution in [2.24, 2.45) is 0 Å². The van der Waals surface area contributed by atoms with Gasteiger partial charge in [-0.05, 0) is 57.5 Å². The van der Waals surface area contributed by atoms with E-state index in [2.05, 4.69) is 22.6 Å². The Morgan fingerprint density at radius 1 is 1.10 bits per heavy atom. The molecule has 4 rings (SSSR count). The van der Waals surface area contributed by atoms with E-state index >= 15 is 0 Å². The van der Waals surface area contributed by atoms with Gasteiger partial charge in [-0.25, -0.2) is 0 Å². The van der Waals surface area contributed by atoms with Crippen LogP contribution in [-0.4, -0.2) is 65.6 Å². The van der Waals surface area contributed by atoms with E-state index in [-0.39, 0.29) is 18.7 Å². The van der Waals surface area contributed by atoms with Crippen molar-refractivity contribution in [3.05, 3.63) is 34.9 Å². The molecule has 3 unspecified atom stereocenters. The highest BCUT2D eigenvalue weighted by Gasteiger charge is 2.44. The molecule has 8 heteroatoms. The van der Waals surface area contributed by atoms with Gasteiger partial charge in [-0.2, -0.15) is 0 Å². The summed E-state index contributed by atoms with van der Waals surface area (Å²) in [7, 11) is 4.10. The predicted octanol–water partition coefficient (Wildman–Crippen LogP) is 1.05. The number of benzene rings is 1. The van der Waals surface area contributed by atoms with Crippen LogP contribution in [0.4, 0.5) is 0 Å². The minimum Gasteiger partial charge on any atom is -0.317 e.